The van der Waals surface area contributed by atoms with Gasteiger partial charge in [-0.15, -0.1) is 26.0 Å². The Morgan fingerprint density at radius 2 is 1.86 bits per heavy atom. The Hall–Kier alpha value is -3.15. The highest BCUT2D eigenvalue weighted by Crippen LogP contribution is 2.26. The van der Waals surface area contributed by atoms with Crippen molar-refractivity contribution in [3.05, 3.63) is 49.4 Å². The summed E-state index contributed by atoms with van der Waals surface area (Å²) in [5, 5.41) is 18.3. The monoisotopic (exact) mass is 390 g/mol. The van der Waals surface area contributed by atoms with Crippen molar-refractivity contribution in [3.8, 4) is 18.9 Å². The first-order chi connectivity index (χ1) is 14.3. The number of aliphatic hydroxyl groups excluding tert-OH is 1. The quantitative estimate of drug-likeness (QED) is 0.455. The van der Waals surface area contributed by atoms with Crippen molar-refractivity contribution in [3.63, 3.8) is 0 Å². The number of nitriles is 1. The third-order valence-electron chi connectivity index (χ3n) is 4.81. The molecule has 29 heavy (non-hydrogen) atoms. The fourth-order valence-corrected chi connectivity index (χ4v) is 3.48. The number of nitrogens with one attached hydrogen (secondary N) is 1. The minimum Gasteiger partial charge on any atom is -0.388 e. The van der Waals surface area contributed by atoms with E-state index < -0.39 is 0 Å². The zero-order valence-electron chi connectivity index (χ0n) is 17.0. The van der Waals surface area contributed by atoms with Crippen molar-refractivity contribution in [1.29, 1.82) is 5.26 Å². The Morgan fingerprint density at radius 3 is 2.52 bits per heavy atom. The Morgan fingerprint density at radius 1 is 1.17 bits per heavy atom. The number of hydrogen-bond acceptors (Lipinski definition) is 4. The lowest BCUT2D eigenvalue weighted by atomic mass is 9.86. The molecule has 5 nitrogen and oxygen atoms in total. The largest absolute Gasteiger partial charge is 0.388 e. The molecule has 1 saturated carbocycles. The number of aliphatic hydroxyl groups is 1. The van der Waals surface area contributed by atoms with Gasteiger partial charge in [0.15, 0.2) is 0 Å². The van der Waals surface area contributed by atoms with Gasteiger partial charge in [-0.05, 0) is 18.4 Å². The van der Waals surface area contributed by atoms with Gasteiger partial charge in [0.25, 0.3) is 0 Å². The normalized spacial score (nSPS) is 13.0. The number of fused-ring (bicyclic) bond motifs is 3. The molecule has 0 unspecified atom stereocenters. The molecule has 0 atom stereocenters. The number of pyridine rings is 1. The van der Waals surface area contributed by atoms with Crippen LogP contribution in [0.1, 0.15) is 50.8 Å². The van der Waals surface area contributed by atoms with Crippen molar-refractivity contribution in [2.24, 2.45) is 5.92 Å². The van der Waals surface area contributed by atoms with Crippen LogP contribution in [0.3, 0.4) is 0 Å². The topological polar surface area (TPSA) is 85.6 Å². The molecule has 0 bridgehead atoms. The summed E-state index contributed by atoms with van der Waals surface area (Å²) < 4.78 is 0. The van der Waals surface area contributed by atoms with Crippen LogP contribution in [-0.2, 0) is 6.61 Å². The maximum Gasteiger partial charge on any atom is 0.133 e. The predicted molar refractivity (Wildman–Crippen MR) is 120 cm³/mol. The van der Waals surface area contributed by atoms with Crippen LogP contribution in [0.25, 0.3) is 21.9 Å². The number of nitrogens with zero attached hydrogens (tertiary/aromatic N) is 3. The molecule has 0 spiro atoms. The highest BCUT2D eigenvalue weighted by molar-refractivity contribution is 6.01. The number of imidazole rings is 1. The van der Waals surface area contributed by atoms with Gasteiger partial charge in [-0.25, -0.2) is 4.98 Å². The minimum atomic E-state index is -0.0804. The Balaban J connectivity index is 0.000000263. The molecule has 1 aliphatic carbocycles. The lowest BCUT2D eigenvalue weighted by Gasteiger charge is -2.19. The number of H-pyrrole nitrogens is 1. The minimum absolute atomic E-state index is 0.0804. The average molecular weight is 391 g/mol. The van der Waals surface area contributed by atoms with Gasteiger partial charge in [-0.1, -0.05) is 50.3 Å². The van der Waals surface area contributed by atoms with Crippen molar-refractivity contribution in [1.82, 2.24) is 15.0 Å². The van der Waals surface area contributed by atoms with E-state index in [4.69, 9.17) is 10.4 Å². The molecule has 4 rings (SSSR count). The van der Waals surface area contributed by atoms with E-state index in [1.54, 1.807) is 6.20 Å². The van der Waals surface area contributed by atoms with Crippen LogP contribution < -0.4 is 0 Å². The predicted octanol–water partition coefficient (Wildman–Crippen LogP) is 5.53. The van der Waals surface area contributed by atoms with Gasteiger partial charge in [0.05, 0.1) is 28.8 Å². The second-order valence-electron chi connectivity index (χ2n) is 6.58. The number of para-hydroxylation sites is 1. The van der Waals surface area contributed by atoms with Crippen LogP contribution in [0.2, 0.25) is 0 Å². The summed E-state index contributed by atoms with van der Waals surface area (Å²) in [6.45, 7) is 5.92. The molecule has 152 valence electrons. The summed E-state index contributed by atoms with van der Waals surface area (Å²) >= 11 is 0. The van der Waals surface area contributed by atoms with Crippen LogP contribution in [0, 0.1) is 30.1 Å². The van der Waals surface area contributed by atoms with E-state index in [-0.39, 0.29) is 6.61 Å². The molecule has 2 aromatic heterocycles. The van der Waals surface area contributed by atoms with E-state index in [1.165, 1.54) is 32.1 Å². The third-order valence-corrected chi connectivity index (χ3v) is 4.81. The van der Waals surface area contributed by atoms with Crippen molar-refractivity contribution >= 4 is 21.9 Å². The zero-order chi connectivity index (χ0) is 21.5. The third kappa shape index (κ3) is 7.07. The lowest BCUT2D eigenvalue weighted by Crippen LogP contribution is -2.05. The second-order valence-corrected chi connectivity index (χ2v) is 6.58. The summed E-state index contributed by atoms with van der Waals surface area (Å²) in [4.78, 5) is 11.6. The first kappa shape index (κ1) is 23.9. The zero-order valence-corrected chi connectivity index (χ0v) is 17.0. The van der Waals surface area contributed by atoms with Crippen LogP contribution in [0.15, 0.2) is 43.6 Å². The van der Waals surface area contributed by atoms with Crippen LogP contribution in [0.4, 0.5) is 0 Å². The van der Waals surface area contributed by atoms with Gasteiger partial charge in [-0.2, -0.15) is 5.26 Å². The summed E-state index contributed by atoms with van der Waals surface area (Å²) in [5.74, 6) is 1.46. The molecular weight excluding hydrogens is 360 g/mol. The fraction of sp³-hybridized carbons (Fsp3) is 0.375. The molecule has 0 aliphatic heterocycles. The van der Waals surface area contributed by atoms with Gasteiger partial charge in [0, 0.05) is 11.8 Å². The molecule has 1 aliphatic rings. The van der Waals surface area contributed by atoms with Gasteiger partial charge < -0.3 is 10.1 Å². The molecule has 0 saturated heterocycles. The Labute approximate surface area is 173 Å². The summed E-state index contributed by atoms with van der Waals surface area (Å²) in [6.07, 6.45) is 18.6. The Bertz CT molecular complexity index is 917. The molecule has 5 heteroatoms. The first-order valence-electron chi connectivity index (χ1n) is 9.85. The van der Waals surface area contributed by atoms with Gasteiger partial charge in [0.1, 0.15) is 12.4 Å². The molecule has 2 heterocycles. The highest BCUT2D eigenvalue weighted by Gasteiger charge is 2.12. The second kappa shape index (κ2) is 13.9. The van der Waals surface area contributed by atoms with Gasteiger partial charge in [0.2, 0.25) is 0 Å². The summed E-state index contributed by atoms with van der Waals surface area (Å²) in [5.41, 5.74) is 2.64. The smallest absolute Gasteiger partial charge is 0.133 e. The first-order valence-corrected chi connectivity index (χ1v) is 9.85. The molecular formula is C24H30N4O. The van der Waals surface area contributed by atoms with Gasteiger partial charge in [-0.3, -0.25) is 4.98 Å². The van der Waals surface area contributed by atoms with E-state index in [9.17, 15) is 0 Å². The van der Waals surface area contributed by atoms with Crippen LogP contribution in [0.5, 0.6) is 0 Å². The Kier molecular flexibility index (Phi) is 11.5. The number of terminal acetylenes is 1. The van der Waals surface area contributed by atoms with Gasteiger partial charge >= 0.3 is 0 Å². The van der Waals surface area contributed by atoms with E-state index in [1.807, 2.05) is 24.3 Å². The molecule has 0 radical (unpaired) electrons. The molecule has 1 aromatic carbocycles. The van der Waals surface area contributed by atoms with E-state index in [0.29, 0.717) is 5.82 Å². The van der Waals surface area contributed by atoms with Crippen molar-refractivity contribution in [2.45, 2.75) is 51.6 Å². The number of rotatable bonds is 3. The molecule has 1 fully saturated rings. The number of benzene rings is 1. The lowest BCUT2D eigenvalue weighted by molar-refractivity contribution is 0.273. The SMILES string of the molecule is C#C.C=C.N#CCCC1CCCCC1.OCc1nc2c(cnc3ccccc32)[nH]1. The summed E-state index contributed by atoms with van der Waals surface area (Å²) in [6, 6.07) is 10.0. The van der Waals surface area contributed by atoms with Crippen LogP contribution in [-0.4, -0.2) is 20.1 Å². The number of aromatic amines is 1. The fourth-order valence-electron chi connectivity index (χ4n) is 3.48. The average Bonchev–Trinajstić information content (AvgIpc) is 3.26. The highest BCUT2D eigenvalue weighted by atomic mass is 16.3. The maximum absolute atomic E-state index is 9.00. The van der Waals surface area contributed by atoms with Crippen molar-refractivity contribution < 1.29 is 5.11 Å². The molecule has 0 amide bonds. The van der Waals surface area contributed by atoms with Crippen molar-refractivity contribution in [2.75, 3.05) is 0 Å². The van der Waals surface area contributed by atoms with Crippen LogP contribution >= 0.6 is 0 Å². The summed E-state index contributed by atoms with van der Waals surface area (Å²) in [7, 11) is 0. The maximum atomic E-state index is 9.00. The number of hydrogen-bond donors (Lipinski definition) is 2. The standard InChI is InChI=1S/C11H9N3O.C9H15N.C2H4.C2H2/c15-6-10-13-9-5-12-8-4-2-1-3-7(8)11(9)14-10;10-8-4-7-9-5-2-1-3-6-9;2*1-2/h1-5,15H,6H2,(H,13,14);9H,1-7H2;1-2H2;1-2H. The molecule has 3 aromatic rings. The number of aromatic nitrogens is 3. The molecule has 2 N–H and O–H groups in total. The van der Waals surface area contributed by atoms with E-state index in [0.717, 1.165) is 40.7 Å². The van der Waals surface area contributed by atoms with E-state index >= 15 is 0 Å². The van der Waals surface area contributed by atoms with E-state index in [2.05, 4.69) is 47.0 Å².